The molecule has 2 aromatic rings. The number of hydrogen-bond donors (Lipinski definition) is 2. The summed E-state index contributed by atoms with van der Waals surface area (Å²) in [4.78, 5) is -0.00571. The number of anilines is 1. The first kappa shape index (κ1) is 15.4. The predicted molar refractivity (Wildman–Crippen MR) is 76.5 cm³/mol. The summed E-state index contributed by atoms with van der Waals surface area (Å²) in [6.45, 7) is 0.300. The highest BCUT2D eigenvalue weighted by molar-refractivity contribution is 7.89. The zero-order valence-electron chi connectivity index (χ0n) is 11.0. The van der Waals surface area contributed by atoms with E-state index in [9.17, 15) is 17.2 Å². The van der Waals surface area contributed by atoms with Crippen molar-refractivity contribution < 1.29 is 17.2 Å². The maximum Gasteiger partial charge on any atom is 0.263 e. The Kier molecular flexibility index (Phi) is 4.54. The van der Waals surface area contributed by atoms with Gasteiger partial charge in [0.25, 0.3) is 6.43 Å². The second-order valence-corrected chi connectivity index (χ2v) is 6.03. The number of alkyl halides is 2. The SMILES string of the molecule is NS(=O)(=O)c1cccc(NCc2cccc(C(F)F)c2)c1. The van der Waals surface area contributed by atoms with Crippen LogP contribution in [0.1, 0.15) is 17.6 Å². The molecule has 0 bridgehead atoms. The van der Waals surface area contributed by atoms with E-state index in [2.05, 4.69) is 5.32 Å². The van der Waals surface area contributed by atoms with Gasteiger partial charge in [0.1, 0.15) is 0 Å². The smallest absolute Gasteiger partial charge is 0.263 e. The summed E-state index contributed by atoms with van der Waals surface area (Å²) < 4.78 is 47.7. The van der Waals surface area contributed by atoms with Gasteiger partial charge in [0.15, 0.2) is 0 Å². The van der Waals surface area contributed by atoms with Gasteiger partial charge in [-0.1, -0.05) is 24.3 Å². The van der Waals surface area contributed by atoms with Crippen molar-refractivity contribution in [3.05, 3.63) is 59.7 Å². The molecule has 0 spiro atoms. The van der Waals surface area contributed by atoms with Crippen LogP contribution in [0.25, 0.3) is 0 Å². The molecule has 21 heavy (non-hydrogen) atoms. The summed E-state index contributed by atoms with van der Waals surface area (Å²) in [5.41, 5.74) is 1.17. The molecule has 0 saturated carbocycles. The molecule has 7 heteroatoms. The van der Waals surface area contributed by atoms with E-state index in [-0.39, 0.29) is 10.5 Å². The Morgan fingerprint density at radius 3 is 2.48 bits per heavy atom. The quantitative estimate of drug-likeness (QED) is 0.891. The van der Waals surface area contributed by atoms with Gasteiger partial charge in [-0.3, -0.25) is 0 Å². The van der Waals surface area contributed by atoms with Crippen LogP contribution in [0.15, 0.2) is 53.4 Å². The van der Waals surface area contributed by atoms with Crippen LogP contribution in [0.3, 0.4) is 0 Å². The monoisotopic (exact) mass is 312 g/mol. The normalized spacial score (nSPS) is 11.6. The first-order valence-corrected chi connectivity index (χ1v) is 7.64. The number of nitrogens with two attached hydrogens (primary N) is 1. The zero-order valence-corrected chi connectivity index (χ0v) is 11.8. The minimum absolute atomic E-state index is 0.00571. The highest BCUT2D eigenvalue weighted by Gasteiger charge is 2.09. The molecule has 0 saturated heterocycles. The first-order chi connectivity index (χ1) is 9.86. The summed E-state index contributed by atoms with van der Waals surface area (Å²) in [6, 6.07) is 12.0. The van der Waals surface area contributed by atoms with Crippen LogP contribution in [0, 0.1) is 0 Å². The molecular formula is C14H14F2N2O2S. The minimum Gasteiger partial charge on any atom is -0.381 e. The molecule has 2 aromatic carbocycles. The average molecular weight is 312 g/mol. The van der Waals surface area contributed by atoms with Crippen LogP contribution >= 0.6 is 0 Å². The van der Waals surface area contributed by atoms with Gasteiger partial charge in [0, 0.05) is 17.8 Å². The van der Waals surface area contributed by atoms with Crippen LogP contribution in [-0.4, -0.2) is 8.42 Å². The van der Waals surface area contributed by atoms with Gasteiger partial charge in [0.2, 0.25) is 10.0 Å². The van der Waals surface area contributed by atoms with E-state index in [0.717, 1.165) is 0 Å². The Labute approximate surface area is 121 Å². The van der Waals surface area contributed by atoms with Gasteiger partial charge in [0.05, 0.1) is 4.90 Å². The third kappa shape index (κ3) is 4.24. The second-order valence-electron chi connectivity index (χ2n) is 4.47. The lowest BCUT2D eigenvalue weighted by Gasteiger charge is -2.09. The van der Waals surface area contributed by atoms with Crippen molar-refractivity contribution in [3.63, 3.8) is 0 Å². The molecule has 0 aliphatic rings. The molecule has 2 rings (SSSR count). The van der Waals surface area contributed by atoms with Crippen molar-refractivity contribution in [3.8, 4) is 0 Å². The fourth-order valence-corrected chi connectivity index (χ4v) is 2.39. The molecule has 0 amide bonds. The molecule has 3 N–H and O–H groups in total. The number of hydrogen-bond acceptors (Lipinski definition) is 3. The largest absolute Gasteiger partial charge is 0.381 e. The van der Waals surface area contributed by atoms with Gasteiger partial charge < -0.3 is 5.32 Å². The molecule has 0 atom stereocenters. The average Bonchev–Trinajstić information content (AvgIpc) is 2.45. The van der Waals surface area contributed by atoms with E-state index in [0.29, 0.717) is 17.8 Å². The number of halogens is 2. The molecule has 0 fully saturated rings. The maximum absolute atomic E-state index is 12.6. The first-order valence-electron chi connectivity index (χ1n) is 6.10. The number of rotatable bonds is 5. The Morgan fingerprint density at radius 2 is 1.81 bits per heavy atom. The predicted octanol–water partition coefficient (Wildman–Crippen LogP) is 2.88. The second kappa shape index (κ2) is 6.19. The third-order valence-corrected chi connectivity index (χ3v) is 3.77. The van der Waals surface area contributed by atoms with Crippen LogP contribution < -0.4 is 10.5 Å². The van der Waals surface area contributed by atoms with Crippen molar-refractivity contribution in [2.45, 2.75) is 17.9 Å². The van der Waals surface area contributed by atoms with E-state index < -0.39 is 16.4 Å². The van der Waals surface area contributed by atoms with Gasteiger partial charge in [-0.05, 0) is 29.8 Å². The van der Waals surface area contributed by atoms with Crippen molar-refractivity contribution in [2.75, 3.05) is 5.32 Å². The lowest BCUT2D eigenvalue weighted by atomic mass is 10.1. The summed E-state index contributed by atoms with van der Waals surface area (Å²) >= 11 is 0. The molecule has 4 nitrogen and oxygen atoms in total. The van der Waals surface area contributed by atoms with Crippen LogP contribution in [0.2, 0.25) is 0 Å². The summed E-state index contributed by atoms with van der Waals surface area (Å²) in [5.74, 6) is 0. The van der Waals surface area contributed by atoms with E-state index in [4.69, 9.17) is 5.14 Å². The van der Waals surface area contributed by atoms with Crippen LogP contribution in [0.5, 0.6) is 0 Å². The molecular weight excluding hydrogens is 298 g/mol. The summed E-state index contributed by atoms with van der Waals surface area (Å²) in [6.07, 6.45) is -2.52. The number of primary sulfonamides is 1. The van der Waals surface area contributed by atoms with Crippen molar-refractivity contribution in [1.82, 2.24) is 0 Å². The molecule has 0 heterocycles. The fourth-order valence-electron chi connectivity index (χ4n) is 1.83. The highest BCUT2D eigenvalue weighted by Crippen LogP contribution is 2.20. The van der Waals surface area contributed by atoms with Gasteiger partial charge >= 0.3 is 0 Å². The van der Waals surface area contributed by atoms with E-state index in [1.807, 2.05) is 0 Å². The van der Waals surface area contributed by atoms with E-state index >= 15 is 0 Å². The minimum atomic E-state index is -3.77. The van der Waals surface area contributed by atoms with Crippen molar-refractivity contribution >= 4 is 15.7 Å². The van der Waals surface area contributed by atoms with Gasteiger partial charge in [-0.15, -0.1) is 0 Å². The standard InChI is InChI=1S/C14H14F2N2O2S/c15-14(16)11-4-1-3-10(7-11)9-18-12-5-2-6-13(8-12)21(17,19)20/h1-8,14,18H,9H2,(H2,17,19,20). The van der Waals surface area contributed by atoms with Gasteiger partial charge in [-0.2, -0.15) is 0 Å². The summed E-state index contributed by atoms with van der Waals surface area (Å²) in [5, 5.41) is 8.02. The van der Waals surface area contributed by atoms with E-state index in [1.54, 1.807) is 24.3 Å². The van der Waals surface area contributed by atoms with Gasteiger partial charge in [-0.25, -0.2) is 22.3 Å². The Bertz CT molecular complexity index is 733. The number of nitrogens with one attached hydrogen (secondary N) is 1. The Morgan fingerprint density at radius 1 is 1.10 bits per heavy atom. The van der Waals surface area contributed by atoms with Crippen LogP contribution in [-0.2, 0) is 16.6 Å². The molecule has 0 radical (unpaired) electrons. The molecule has 112 valence electrons. The Balaban J connectivity index is 2.12. The summed E-state index contributed by atoms with van der Waals surface area (Å²) in [7, 11) is -3.77. The van der Waals surface area contributed by atoms with E-state index in [1.165, 1.54) is 24.3 Å². The topological polar surface area (TPSA) is 72.2 Å². The molecule has 0 aliphatic heterocycles. The van der Waals surface area contributed by atoms with Crippen molar-refractivity contribution in [1.29, 1.82) is 0 Å². The number of benzene rings is 2. The van der Waals surface area contributed by atoms with Crippen LogP contribution in [0.4, 0.5) is 14.5 Å². The number of sulfonamides is 1. The fraction of sp³-hybridized carbons (Fsp3) is 0.143. The molecule has 0 unspecified atom stereocenters. The zero-order chi connectivity index (χ0) is 15.5. The maximum atomic E-state index is 12.6. The third-order valence-electron chi connectivity index (χ3n) is 2.86. The molecule has 0 aliphatic carbocycles. The Hall–Kier alpha value is -1.99. The lowest BCUT2D eigenvalue weighted by molar-refractivity contribution is 0.151. The van der Waals surface area contributed by atoms with Crippen molar-refractivity contribution in [2.24, 2.45) is 5.14 Å². The molecule has 0 aromatic heterocycles. The lowest BCUT2D eigenvalue weighted by Crippen LogP contribution is -2.12. The highest BCUT2D eigenvalue weighted by atomic mass is 32.2.